The molecule has 1 aliphatic heterocycles. The van der Waals surface area contributed by atoms with Crippen molar-refractivity contribution in [2.75, 3.05) is 0 Å². The summed E-state index contributed by atoms with van der Waals surface area (Å²) < 4.78 is 0. The van der Waals surface area contributed by atoms with Crippen LogP contribution in [-0.4, -0.2) is 5.06 Å². The summed E-state index contributed by atoms with van der Waals surface area (Å²) in [6.45, 7) is 6.60. The zero-order chi connectivity index (χ0) is 16.9. The van der Waals surface area contributed by atoms with Gasteiger partial charge < -0.3 is 0 Å². The molecule has 2 aromatic carbocycles. The predicted octanol–water partition coefficient (Wildman–Crippen LogP) is 4.94. The van der Waals surface area contributed by atoms with Crippen LogP contribution in [-0.2, 0) is 11.4 Å². The highest BCUT2D eigenvalue weighted by molar-refractivity contribution is 5.74. The van der Waals surface area contributed by atoms with E-state index in [0.29, 0.717) is 12.3 Å². The molecule has 0 aromatic heterocycles. The van der Waals surface area contributed by atoms with Crippen molar-refractivity contribution in [3.63, 3.8) is 0 Å². The molecule has 0 N–H and O–H groups in total. The van der Waals surface area contributed by atoms with Crippen LogP contribution in [0.25, 0.3) is 5.70 Å². The van der Waals surface area contributed by atoms with E-state index in [2.05, 4.69) is 24.6 Å². The largest absolute Gasteiger partial charge is 0.264 e. The second-order valence-electron chi connectivity index (χ2n) is 5.60. The van der Waals surface area contributed by atoms with Crippen LogP contribution in [0.4, 0.5) is 0 Å². The Kier molecular flexibility index (Phi) is 4.65. The minimum Gasteiger partial charge on any atom is -0.264 e. The molecule has 2 heteroatoms. The van der Waals surface area contributed by atoms with Gasteiger partial charge in [-0.25, -0.2) is 5.06 Å². The Balaban J connectivity index is 1.96. The lowest BCUT2D eigenvalue weighted by atomic mass is 9.99. The first kappa shape index (κ1) is 15.9. The quantitative estimate of drug-likeness (QED) is 0.741. The molecular formula is C22H19NO. The normalized spacial score (nSPS) is 14.4. The monoisotopic (exact) mass is 313 g/mol. The van der Waals surface area contributed by atoms with E-state index in [-0.39, 0.29) is 0 Å². The molecule has 1 heterocycles. The van der Waals surface area contributed by atoms with E-state index in [9.17, 15) is 0 Å². The van der Waals surface area contributed by atoms with Crippen molar-refractivity contribution in [2.45, 2.75) is 13.5 Å². The van der Waals surface area contributed by atoms with E-state index in [0.717, 1.165) is 28.0 Å². The van der Waals surface area contributed by atoms with Gasteiger partial charge in [-0.2, -0.15) is 0 Å². The molecule has 0 amide bonds. The van der Waals surface area contributed by atoms with E-state index in [1.165, 1.54) is 0 Å². The molecule has 0 saturated heterocycles. The maximum absolute atomic E-state index is 6.09. The topological polar surface area (TPSA) is 12.5 Å². The van der Waals surface area contributed by atoms with Gasteiger partial charge in [0.2, 0.25) is 0 Å². The van der Waals surface area contributed by atoms with Gasteiger partial charge in [0.25, 0.3) is 0 Å². The summed E-state index contributed by atoms with van der Waals surface area (Å²) in [4.78, 5) is 6.09. The Labute approximate surface area is 143 Å². The molecule has 0 unspecified atom stereocenters. The summed E-state index contributed by atoms with van der Waals surface area (Å²) in [5, 5.41) is 1.76. The summed E-state index contributed by atoms with van der Waals surface area (Å²) in [6, 6.07) is 20.2. The molecule has 2 aromatic rings. The molecule has 1 aliphatic rings. The number of benzene rings is 2. The van der Waals surface area contributed by atoms with Crippen LogP contribution in [0.15, 0.2) is 90.2 Å². The minimum absolute atomic E-state index is 0.446. The first-order valence-corrected chi connectivity index (χ1v) is 7.81. The molecule has 3 rings (SSSR count). The SMILES string of the molecule is C#CC1=CC(C)=C(c2ccccc2)N(OCc2ccccc2)C1=C. The highest BCUT2D eigenvalue weighted by Gasteiger charge is 2.24. The standard InChI is InChI=1S/C22H19NO/c1-4-20-15-17(2)22(21-13-9-6-10-14-21)23(18(20)3)24-16-19-11-7-5-8-12-19/h1,5-15H,3,16H2,2H3. The molecule has 24 heavy (non-hydrogen) atoms. The molecule has 0 aliphatic carbocycles. The maximum atomic E-state index is 6.09. The van der Waals surface area contributed by atoms with Crippen LogP contribution in [0.2, 0.25) is 0 Å². The summed E-state index contributed by atoms with van der Waals surface area (Å²) >= 11 is 0. The lowest BCUT2D eigenvalue weighted by Gasteiger charge is -2.32. The van der Waals surface area contributed by atoms with E-state index in [1.807, 2.05) is 61.5 Å². The predicted molar refractivity (Wildman–Crippen MR) is 98.2 cm³/mol. The van der Waals surface area contributed by atoms with Crippen LogP contribution in [0.1, 0.15) is 18.1 Å². The molecular weight excluding hydrogens is 294 g/mol. The highest BCUT2D eigenvalue weighted by atomic mass is 16.7. The Morgan fingerprint density at radius 3 is 2.29 bits per heavy atom. The molecule has 0 bridgehead atoms. The second-order valence-corrected chi connectivity index (χ2v) is 5.60. The number of hydrogen-bond donors (Lipinski definition) is 0. The van der Waals surface area contributed by atoms with Crippen LogP contribution < -0.4 is 0 Å². The first-order chi connectivity index (χ1) is 11.7. The van der Waals surface area contributed by atoms with Crippen LogP contribution in [0, 0.1) is 12.3 Å². The lowest BCUT2D eigenvalue weighted by molar-refractivity contribution is -0.0922. The van der Waals surface area contributed by atoms with Crippen molar-refractivity contribution in [3.05, 3.63) is 101 Å². The van der Waals surface area contributed by atoms with Gasteiger partial charge in [0.05, 0.1) is 17.0 Å². The van der Waals surface area contributed by atoms with E-state index in [4.69, 9.17) is 11.3 Å². The lowest BCUT2D eigenvalue weighted by Crippen LogP contribution is -2.25. The van der Waals surface area contributed by atoms with Crippen molar-refractivity contribution in [1.82, 2.24) is 5.06 Å². The first-order valence-electron chi connectivity index (χ1n) is 7.81. The molecule has 0 saturated carbocycles. The van der Waals surface area contributed by atoms with Crippen LogP contribution in [0.5, 0.6) is 0 Å². The average Bonchev–Trinajstić information content (AvgIpc) is 2.63. The van der Waals surface area contributed by atoms with Gasteiger partial charge in [-0.3, -0.25) is 4.84 Å². The van der Waals surface area contributed by atoms with Crippen molar-refractivity contribution in [1.29, 1.82) is 0 Å². The van der Waals surface area contributed by atoms with Crippen LogP contribution >= 0.6 is 0 Å². The van der Waals surface area contributed by atoms with Gasteiger partial charge in [-0.15, -0.1) is 6.42 Å². The Hall–Kier alpha value is -3.02. The smallest absolute Gasteiger partial charge is 0.100 e. The fraction of sp³-hybridized carbons (Fsp3) is 0.0909. The van der Waals surface area contributed by atoms with Gasteiger partial charge in [0.15, 0.2) is 0 Å². The Morgan fingerprint density at radius 2 is 1.67 bits per heavy atom. The van der Waals surface area contributed by atoms with Crippen molar-refractivity contribution < 1.29 is 4.84 Å². The van der Waals surface area contributed by atoms with E-state index >= 15 is 0 Å². The average molecular weight is 313 g/mol. The number of rotatable bonds is 4. The third-order valence-electron chi connectivity index (χ3n) is 3.90. The van der Waals surface area contributed by atoms with Gasteiger partial charge in [0, 0.05) is 5.56 Å². The highest BCUT2D eigenvalue weighted by Crippen LogP contribution is 2.35. The zero-order valence-corrected chi connectivity index (χ0v) is 13.7. The van der Waals surface area contributed by atoms with Gasteiger partial charge in [-0.05, 0) is 24.1 Å². The summed E-state index contributed by atoms with van der Waals surface area (Å²) in [5.74, 6) is 2.69. The van der Waals surface area contributed by atoms with Gasteiger partial charge in [0.1, 0.15) is 6.61 Å². The molecule has 0 fully saturated rings. The van der Waals surface area contributed by atoms with E-state index in [1.54, 1.807) is 5.06 Å². The number of hydroxylamine groups is 2. The Morgan fingerprint density at radius 1 is 1.04 bits per heavy atom. The Bertz CT molecular complexity index is 839. The second kappa shape index (κ2) is 7.04. The fourth-order valence-corrected chi connectivity index (χ4v) is 2.69. The molecule has 2 nitrogen and oxygen atoms in total. The van der Waals surface area contributed by atoms with Crippen LogP contribution in [0.3, 0.4) is 0 Å². The van der Waals surface area contributed by atoms with E-state index < -0.39 is 0 Å². The molecule has 0 spiro atoms. The van der Waals surface area contributed by atoms with Crippen molar-refractivity contribution in [3.8, 4) is 12.3 Å². The van der Waals surface area contributed by atoms with Crippen molar-refractivity contribution in [2.24, 2.45) is 0 Å². The molecule has 118 valence electrons. The number of hydrogen-bond acceptors (Lipinski definition) is 2. The number of terminal acetylenes is 1. The van der Waals surface area contributed by atoms with Crippen molar-refractivity contribution >= 4 is 5.70 Å². The number of allylic oxidation sites excluding steroid dienone is 3. The third kappa shape index (κ3) is 3.17. The third-order valence-corrected chi connectivity index (χ3v) is 3.90. The molecule has 0 atom stereocenters. The summed E-state index contributed by atoms with van der Waals surface area (Å²) in [7, 11) is 0. The summed E-state index contributed by atoms with van der Waals surface area (Å²) in [6.07, 6.45) is 7.60. The zero-order valence-electron chi connectivity index (χ0n) is 13.7. The fourth-order valence-electron chi connectivity index (χ4n) is 2.69. The molecule has 0 radical (unpaired) electrons. The number of nitrogens with zero attached hydrogens (tertiary/aromatic N) is 1. The maximum Gasteiger partial charge on any atom is 0.100 e. The minimum atomic E-state index is 0.446. The van der Waals surface area contributed by atoms with Gasteiger partial charge >= 0.3 is 0 Å². The summed E-state index contributed by atoms with van der Waals surface area (Å²) in [5.41, 5.74) is 5.59. The van der Waals surface area contributed by atoms with Gasteiger partial charge in [-0.1, -0.05) is 73.2 Å².